The molecular weight excluding hydrogens is 394 g/mol. The minimum atomic E-state index is -0.341. The van der Waals surface area contributed by atoms with E-state index in [4.69, 9.17) is 9.15 Å². The number of likely N-dealkylation sites (N-methyl/N-ethyl adjacent to an activating group) is 1. The van der Waals surface area contributed by atoms with Crippen LogP contribution in [-0.4, -0.2) is 45.1 Å². The minimum Gasteiger partial charge on any atom is -0.497 e. The molecule has 0 fully saturated rings. The fourth-order valence-electron chi connectivity index (χ4n) is 3.49. The Kier molecular flexibility index (Phi) is 7.31. The third-order valence-corrected chi connectivity index (χ3v) is 5.52. The van der Waals surface area contributed by atoms with Gasteiger partial charge in [-0.3, -0.25) is 9.59 Å². The first-order valence-electron chi connectivity index (χ1n) is 10.6. The van der Waals surface area contributed by atoms with Crippen LogP contribution in [0.4, 0.5) is 5.69 Å². The SMILES string of the molecule is CC[NH+](CC)CCNC(=O)c1ccc(NC(=O)c2oc3ccc(OC)cc3c2C)cc1. The number of amides is 2. The van der Waals surface area contributed by atoms with Crippen LogP contribution in [0.2, 0.25) is 0 Å². The molecule has 0 aliphatic rings. The predicted octanol–water partition coefficient (Wildman–Crippen LogP) is 2.66. The van der Waals surface area contributed by atoms with Gasteiger partial charge in [0.1, 0.15) is 11.3 Å². The summed E-state index contributed by atoms with van der Waals surface area (Å²) in [6, 6.07) is 12.2. The van der Waals surface area contributed by atoms with Gasteiger partial charge >= 0.3 is 0 Å². The van der Waals surface area contributed by atoms with E-state index in [0.29, 0.717) is 29.1 Å². The van der Waals surface area contributed by atoms with Crippen molar-refractivity contribution in [3.63, 3.8) is 0 Å². The van der Waals surface area contributed by atoms with Crippen molar-refractivity contribution < 1.29 is 23.6 Å². The zero-order valence-electron chi connectivity index (χ0n) is 18.5. The smallest absolute Gasteiger partial charge is 0.291 e. The Labute approximate surface area is 182 Å². The molecule has 0 saturated heterocycles. The predicted molar refractivity (Wildman–Crippen MR) is 121 cm³/mol. The average molecular weight is 425 g/mol. The summed E-state index contributed by atoms with van der Waals surface area (Å²) < 4.78 is 11.0. The zero-order valence-corrected chi connectivity index (χ0v) is 18.5. The molecule has 0 atom stereocenters. The van der Waals surface area contributed by atoms with E-state index in [1.807, 2.05) is 13.0 Å². The lowest BCUT2D eigenvalue weighted by Crippen LogP contribution is -3.12. The van der Waals surface area contributed by atoms with E-state index in [0.717, 1.165) is 30.6 Å². The molecule has 0 spiro atoms. The maximum absolute atomic E-state index is 12.7. The van der Waals surface area contributed by atoms with Crippen LogP contribution in [0.3, 0.4) is 0 Å². The lowest BCUT2D eigenvalue weighted by Gasteiger charge is -2.15. The van der Waals surface area contributed by atoms with Crippen molar-refractivity contribution in [2.24, 2.45) is 0 Å². The van der Waals surface area contributed by atoms with Gasteiger partial charge in [0.25, 0.3) is 11.8 Å². The summed E-state index contributed by atoms with van der Waals surface area (Å²) in [6.45, 7) is 9.72. The van der Waals surface area contributed by atoms with Crippen LogP contribution < -0.4 is 20.3 Å². The number of nitrogens with one attached hydrogen (secondary N) is 3. The number of quaternary nitrogens is 1. The molecule has 0 unspecified atom stereocenters. The quantitative estimate of drug-likeness (QED) is 0.493. The van der Waals surface area contributed by atoms with Gasteiger partial charge in [-0.1, -0.05) is 0 Å². The zero-order chi connectivity index (χ0) is 22.4. The second-order valence-electron chi connectivity index (χ2n) is 7.41. The topological polar surface area (TPSA) is 85.0 Å². The Morgan fingerprint density at radius 3 is 2.39 bits per heavy atom. The van der Waals surface area contributed by atoms with E-state index in [1.54, 1.807) is 43.5 Å². The van der Waals surface area contributed by atoms with Crippen molar-refractivity contribution in [3.8, 4) is 5.75 Å². The maximum atomic E-state index is 12.7. The molecule has 3 N–H and O–H groups in total. The number of aryl methyl sites for hydroxylation is 1. The van der Waals surface area contributed by atoms with Gasteiger partial charge in [0, 0.05) is 22.2 Å². The summed E-state index contributed by atoms with van der Waals surface area (Å²) in [5, 5.41) is 6.61. The van der Waals surface area contributed by atoms with E-state index in [-0.39, 0.29) is 17.6 Å². The largest absolute Gasteiger partial charge is 0.497 e. The van der Waals surface area contributed by atoms with E-state index in [9.17, 15) is 9.59 Å². The van der Waals surface area contributed by atoms with Crippen LogP contribution in [0, 0.1) is 6.92 Å². The fourth-order valence-corrected chi connectivity index (χ4v) is 3.49. The van der Waals surface area contributed by atoms with E-state index < -0.39 is 0 Å². The number of carbonyl (C=O) groups is 2. The highest BCUT2D eigenvalue weighted by Gasteiger charge is 2.18. The number of carbonyl (C=O) groups excluding carboxylic acids is 2. The highest BCUT2D eigenvalue weighted by Crippen LogP contribution is 2.29. The van der Waals surface area contributed by atoms with E-state index in [2.05, 4.69) is 24.5 Å². The summed E-state index contributed by atoms with van der Waals surface area (Å²) in [5.41, 5.74) is 2.52. The van der Waals surface area contributed by atoms with E-state index in [1.165, 1.54) is 4.90 Å². The molecule has 1 heterocycles. The molecule has 0 aliphatic carbocycles. The summed E-state index contributed by atoms with van der Waals surface area (Å²) in [4.78, 5) is 26.5. The monoisotopic (exact) mass is 424 g/mol. The van der Waals surface area contributed by atoms with Gasteiger partial charge in [0.2, 0.25) is 0 Å². The van der Waals surface area contributed by atoms with Gasteiger partial charge in [-0.05, 0) is 63.2 Å². The highest BCUT2D eigenvalue weighted by atomic mass is 16.5. The van der Waals surface area contributed by atoms with Crippen LogP contribution in [-0.2, 0) is 0 Å². The molecule has 0 saturated carbocycles. The first kappa shape index (κ1) is 22.4. The summed E-state index contributed by atoms with van der Waals surface area (Å²) in [5.74, 6) is 0.498. The van der Waals surface area contributed by atoms with Crippen LogP contribution in [0.15, 0.2) is 46.9 Å². The van der Waals surface area contributed by atoms with Gasteiger partial charge in [0.05, 0.1) is 33.3 Å². The molecule has 0 aliphatic heterocycles. The Morgan fingerprint density at radius 1 is 1.03 bits per heavy atom. The number of hydrogen-bond donors (Lipinski definition) is 3. The van der Waals surface area contributed by atoms with Crippen LogP contribution in [0.25, 0.3) is 11.0 Å². The fraction of sp³-hybridized carbons (Fsp3) is 0.333. The summed E-state index contributed by atoms with van der Waals surface area (Å²) in [7, 11) is 1.60. The summed E-state index contributed by atoms with van der Waals surface area (Å²) in [6.07, 6.45) is 0. The van der Waals surface area contributed by atoms with Gasteiger partial charge in [-0.25, -0.2) is 0 Å². The normalized spacial score (nSPS) is 11.0. The van der Waals surface area contributed by atoms with Gasteiger partial charge in [-0.15, -0.1) is 0 Å². The Balaban J connectivity index is 1.63. The first-order valence-corrected chi connectivity index (χ1v) is 10.6. The van der Waals surface area contributed by atoms with Crippen LogP contribution in [0.1, 0.15) is 40.3 Å². The third-order valence-electron chi connectivity index (χ3n) is 5.52. The minimum absolute atomic E-state index is 0.119. The molecule has 2 aromatic carbocycles. The van der Waals surface area contributed by atoms with Crippen molar-refractivity contribution in [2.45, 2.75) is 20.8 Å². The van der Waals surface area contributed by atoms with Crippen molar-refractivity contribution >= 4 is 28.5 Å². The molecule has 31 heavy (non-hydrogen) atoms. The second-order valence-corrected chi connectivity index (χ2v) is 7.41. The summed E-state index contributed by atoms with van der Waals surface area (Å²) >= 11 is 0. The van der Waals surface area contributed by atoms with Crippen molar-refractivity contribution in [2.75, 3.05) is 38.6 Å². The number of furan rings is 1. The highest BCUT2D eigenvalue weighted by molar-refractivity contribution is 6.06. The number of methoxy groups -OCH3 is 1. The van der Waals surface area contributed by atoms with Gasteiger partial charge < -0.3 is 24.7 Å². The van der Waals surface area contributed by atoms with Gasteiger partial charge in [-0.2, -0.15) is 0 Å². The van der Waals surface area contributed by atoms with E-state index >= 15 is 0 Å². The number of hydrogen-bond acceptors (Lipinski definition) is 4. The number of fused-ring (bicyclic) bond motifs is 1. The number of benzene rings is 2. The molecule has 1 aromatic heterocycles. The lowest BCUT2D eigenvalue weighted by atomic mass is 10.1. The molecule has 7 nitrogen and oxygen atoms in total. The lowest BCUT2D eigenvalue weighted by molar-refractivity contribution is -0.895. The number of rotatable bonds is 9. The Bertz CT molecular complexity index is 1050. The average Bonchev–Trinajstić information content (AvgIpc) is 3.13. The van der Waals surface area contributed by atoms with Crippen molar-refractivity contribution in [1.82, 2.24) is 5.32 Å². The van der Waals surface area contributed by atoms with Crippen molar-refractivity contribution in [1.29, 1.82) is 0 Å². The first-order chi connectivity index (χ1) is 15.0. The molecule has 7 heteroatoms. The van der Waals surface area contributed by atoms with Gasteiger partial charge in [0.15, 0.2) is 5.76 Å². The number of anilines is 1. The second kappa shape index (κ2) is 10.1. The molecule has 3 rings (SSSR count). The molecule has 3 aromatic rings. The number of ether oxygens (including phenoxy) is 1. The molecule has 0 bridgehead atoms. The Morgan fingerprint density at radius 2 is 1.74 bits per heavy atom. The Hall–Kier alpha value is -3.32. The van der Waals surface area contributed by atoms with Crippen molar-refractivity contribution in [3.05, 3.63) is 59.4 Å². The standard InChI is InChI=1S/C24H29N3O4/c1-5-27(6-2)14-13-25-23(28)17-7-9-18(10-8-17)26-24(29)22-16(3)20-15-19(30-4)11-12-21(20)31-22/h7-12,15H,5-6,13-14H2,1-4H3,(H,25,28)(H,26,29)/p+1. The molecule has 0 radical (unpaired) electrons. The van der Waals surface area contributed by atoms with Crippen LogP contribution >= 0.6 is 0 Å². The molecule has 2 amide bonds. The molecule has 164 valence electrons. The third kappa shape index (κ3) is 5.24. The maximum Gasteiger partial charge on any atom is 0.291 e. The molecular formula is C24H30N3O4+. The van der Waals surface area contributed by atoms with Crippen LogP contribution in [0.5, 0.6) is 5.75 Å².